The van der Waals surface area contributed by atoms with E-state index in [1.807, 2.05) is 0 Å². The van der Waals surface area contributed by atoms with E-state index in [4.69, 9.17) is 17.3 Å². The van der Waals surface area contributed by atoms with Crippen LogP contribution in [0.5, 0.6) is 0 Å². The molecule has 2 aliphatic heterocycles. The lowest BCUT2D eigenvalue weighted by Crippen LogP contribution is -2.48. The summed E-state index contributed by atoms with van der Waals surface area (Å²) in [5, 5.41) is 3.36. The molecule has 0 spiro atoms. The molecule has 1 atom stereocenters. The highest BCUT2D eigenvalue weighted by Gasteiger charge is 2.37. The molecule has 4 rings (SSSR count). The summed E-state index contributed by atoms with van der Waals surface area (Å²) < 4.78 is 28.9. The molecule has 2 fully saturated rings. The largest absolute Gasteiger partial charge is 0.350 e. The Morgan fingerprint density at radius 3 is 2.38 bits per heavy atom. The number of carbonyl (C=O) groups excluding carboxylic acids is 4. The molecule has 2 aromatic carbocycles. The highest BCUT2D eigenvalue weighted by atomic mass is 35.5. The van der Waals surface area contributed by atoms with Gasteiger partial charge in [-0.1, -0.05) is 48.0 Å². The van der Waals surface area contributed by atoms with Crippen LogP contribution in [0, 0.1) is 5.92 Å². The van der Waals surface area contributed by atoms with Crippen molar-refractivity contribution in [3.8, 4) is 0 Å². The maximum absolute atomic E-state index is 14.0. The molecule has 0 saturated carbocycles. The van der Waals surface area contributed by atoms with E-state index in [9.17, 15) is 27.6 Å². The van der Waals surface area contributed by atoms with E-state index in [1.165, 1.54) is 16.7 Å². The fourth-order valence-corrected chi connectivity index (χ4v) is 7.35. The van der Waals surface area contributed by atoms with Gasteiger partial charge in [0.1, 0.15) is 11.7 Å². The van der Waals surface area contributed by atoms with E-state index >= 15 is 0 Å². The number of sulfonamides is 1. The molecule has 2 saturated heterocycles. The highest BCUT2D eigenvalue weighted by Crippen LogP contribution is 2.22. The quantitative estimate of drug-likeness (QED) is 0.288. The van der Waals surface area contributed by atoms with Crippen molar-refractivity contribution in [2.45, 2.75) is 57.5 Å². The Bertz CT molecular complexity index is 1590. The Balaban J connectivity index is 1.51. The Labute approximate surface area is 281 Å². The number of nitrogens with two attached hydrogens (primary N) is 1. The van der Waals surface area contributed by atoms with Gasteiger partial charge in [0.25, 0.3) is 5.91 Å². The zero-order valence-corrected chi connectivity index (χ0v) is 28.4. The first-order valence-corrected chi connectivity index (χ1v) is 17.7. The lowest BCUT2D eigenvalue weighted by molar-refractivity contribution is -0.136. The SMILES string of the molecule is CC(=O)N1CCC(CN(C)C(=O)/C=C(\NS(=O)(=O)Cc2ccccc2)C(=O)N2CCC[C@H]2C(=O)NCc2cc(Cl)ccc2CN)CC1. The number of hydrogen-bond donors (Lipinski definition) is 3. The third-order valence-electron chi connectivity index (χ3n) is 8.59. The van der Waals surface area contributed by atoms with Crippen molar-refractivity contribution < 1.29 is 27.6 Å². The summed E-state index contributed by atoms with van der Waals surface area (Å²) in [6.45, 7) is 3.72. The number of nitrogens with one attached hydrogen (secondary N) is 2. The first-order valence-electron chi connectivity index (χ1n) is 15.7. The van der Waals surface area contributed by atoms with Gasteiger partial charge in [0, 0.05) is 64.3 Å². The Morgan fingerprint density at radius 2 is 1.72 bits per heavy atom. The van der Waals surface area contributed by atoms with E-state index in [2.05, 4.69) is 10.0 Å². The molecule has 2 heterocycles. The van der Waals surface area contributed by atoms with Crippen molar-refractivity contribution in [1.82, 2.24) is 24.7 Å². The average molecular weight is 687 g/mol. The van der Waals surface area contributed by atoms with Gasteiger partial charge < -0.3 is 25.8 Å². The van der Waals surface area contributed by atoms with Crippen LogP contribution in [0.25, 0.3) is 0 Å². The van der Waals surface area contributed by atoms with E-state index in [0.717, 1.165) is 30.0 Å². The van der Waals surface area contributed by atoms with Crippen LogP contribution >= 0.6 is 11.6 Å². The molecule has 4 amide bonds. The summed E-state index contributed by atoms with van der Waals surface area (Å²) in [7, 11) is -2.52. The highest BCUT2D eigenvalue weighted by molar-refractivity contribution is 7.88. The fraction of sp³-hybridized carbons (Fsp3) is 0.455. The van der Waals surface area contributed by atoms with Crippen LogP contribution < -0.4 is 15.8 Å². The van der Waals surface area contributed by atoms with Gasteiger partial charge in [0.15, 0.2) is 0 Å². The van der Waals surface area contributed by atoms with E-state index in [-0.39, 0.29) is 31.5 Å². The topological polar surface area (TPSA) is 162 Å². The minimum absolute atomic E-state index is 0.0143. The zero-order chi connectivity index (χ0) is 34.1. The molecule has 12 nitrogen and oxygen atoms in total. The molecule has 2 aliphatic rings. The number of rotatable bonds is 12. The minimum atomic E-state index is -4.12. The normalized spacial score (nSPS) is 17.4. The maximum atomic E-state index is 14.0. The van der Waals surface area contributed by atoms with Crippen molar-refractivity contribution in [2.75, 3.05) is 33.2 Å². The summed E-state index contributed by atoms with van der Waals surface area (Å²) in [6.07, 6.45) is 3.34. The smallest absolute Gasteiger partial charge is 0.271 e. The van der Waals surface area contributed by atoms with Crippen molar-refractivity contribution in [3.63, 3.8) is 0 Å². The molecule has 0 bridgehead atoms. The first kappa shape index (κ1) is 35.9. The standard InChI is InChI=1S/C33H43ClN6O6S/c1-23(41)39-15-12-24(13-16-39)21-38(2)31(42)18-29(37-47(45,46)22-25-7-4-3-5-8-25)33(44)40-14-6-9-30(40)32(43)36-20-27-17-28(34)11-10-26(27)19-35/h3-5,7-8,10-11,17-18,24,30,37H,6,9,12-16,19-22,35H2,1-2H3,(H,36,43)/b29-18-/t30-/m0/s1. The van der Waals surface area contributed by atoms with Gasteiger partial charge in [0.2, 0.25) is 27.7 Å². The Kier molecular flexibility index (Phi) is 12.4. The molecule has 254 valence electrons. The maximum Gasteiger partial charge on any atom is 0.271 e. The monoisotopic (exact) mass is 686 g/mol. The summed E-state index contributed by atoms with van der Waals surface area (Å²) in [6, 6.07) is 12.8. The van der Waals surface area contributed by atoms with Gasteiger partial charge in [-0.15, -0.1) is 0 Å². The molecule has 0 unspecified atom stereocenters. The number of piperidine rings is 1. The van der Waals surface area contributed by atoms with Crippen molar-refractivity contribution in [2.24, 2.45) is 11.7 Å². The zero-order valence-electron chi connectivity index (χ0n) is 26.8. The van der Waals surface area contributed by atoms with Gasteiger partial charge in [-0.25, -0.2) is 8.42 Å². The van der Waals surface area contributed by atoms with Crippen molar-refractivity contribution in [1.29, 1.82) is 0 Å². The minimum Gasteiger partial charge on any atom is -0.350 e. The molecule has 4 N–H and O–H groups in total. The summed E-state index contributed by atoms with van der Waals surface area (Å²) >= 11 is 6.14. The summed E-state index contributed by atoms with van der Waals surface area (Å²) in [5.41, 5.74) is 7.48. The number of halogens is 1. The van der Waals surface area contributed by atoms with Gasteiger partial charge in [-0.05, 0) is 60.4 Å². The second-order valence-corrected chi connectivity index (χ2v) is 14.2. The van der Waals surface area contributed by atoms with Crippen LogP contribution in [0.4, 0.5) is 0 Å². The molecular weight excluding hydrogens is 644 g/mol. The number of nitrogens with zero attached hydrogens (tertiary/aromatic N) is 3. The number of likely N-dealkylation sites (tertiary alicyclic amines) is 2. The Hall–Kier alpha value is -3.94. The molecule has 2 aromatic rings. The number of amides is 4. The van der Waals surface area contributed by atoms with Gasteiger partial charge in [-0.3, -0.25) is 23.9 Å². The summed E-state index contributed by atoms with van der Waals surface area (Å²) in [5.74, 6) is -1.98. The van der Waals surface area contributed by atoms with Crippen LogP contribution in [-0.2, 0) is 48.0 Å². The number of hydrogen-bond acceptors (Lipinski definition) is 7. The van der Waals surface area contributed by atoms with Crippen molar-refractivity contribution >= 4 is 45.3 Å². The third-order valence-corrected chi connectivity index (χ3v) is 10.1. The molecule has 14 heteroatoms. The van der Waals surface area contributed by atoms with E-state index < -0.39 is 45.2 Å². The van der Waals surface area contributed by atoms with E-state index in [1.54, 1.807) is 60.5 Å². The van der Waals surface area contributed by atoms with Gasteiger partial charge >= 0.3 is 0 Å². The van der Waals surface area contributed by atoms with E-state index in [0.29, 0.717) is 43.1 Å². The van der Waals surface area contributed by atoms with Crippen LogP contribution in [0.15, 0.2) is 60.3 Å². The Morgan fingerprint density at radius 1 is 1.02 bits per heavy atom. The fourth-order valence-electron chi connectivity index (χ4n) is 5.97. The first-order chi connectivity index (χ1) is 22.4. The predicted molar refractivity (Wildman–Crippen MR) is 179 cm³/mol. The number of benzene rings is 2. The second kappa shape index (κ2) is 16.2. The summed E-state index contributed by atoms with van der Waals surface area (Å²) in [4.78, 5) is 56.9. The number of likely N-dealkylation sites (N-methyl/N-ethyl adjacent to an activating group) is 1. The van der Waals surface area contributed by atoms with Crippen LogP contribution in [0.2, 0.25) is 5.02 Å². The third kappa shape index (κ3) is 10.0. The predicted octanol–water partition coefficient (Wildman–Crippen LogP) is 2.13. The van der Waals surface area contributed by atoms with Crippen LogP contribution in [-0.4, -0.2) is 86.0 Å². The van der Waals surface area contributed by atoms with Crippen LogP contribution in [0.3, 0.4) is 0 Å². The van der Waals surface area contributed by atoms with Gasteiger partial charge in [-0.2, -0.15) is 0 Å². The molecular formula is C33H43ClN6O6S. The van der Waals surface area contributed by atoms with Crippen molar-refractivity contribution in [3.05, 3.63) is 82.0 Å². The molecule has 47 heavy (non-hydrogen) atoms. The lowest BCUT2D eigenvalue weighted by Gasteiger charge is -2.33. The number of carbonyl (C=O) groups is 4. The van der Waals surface area contributed by atoms with Gasteiger partial charge in [0.05, 0.1) is 5.75 Å². The van der Waals surface area contributed by atoms with Crippen LogP contribution in [0.1, 0.15) is 49.3 Å². The lowest BCUT2D eigenvalue weighted by atomic mass is 9.96. The molecule has 0 aromatic heterocycles. The second-order valence-electron chi connectivity index (χ2n) is 12.1. The molecule has 0 radical (unpaired) electrons. The average Bonchev–Trinajstić information content (AvgIpc) is 3.53. The molecule has 0 aliphatic carbocycles.